The van der Waals surface area contributed by atoms with E-state index in [2.05, 4.69) is 18.8 Å². The second kappa shape index (κ2) is 6.33. The molecule has 20 heavy (non-hydrogen) atoms. The number of carbonyl (C=O) groups excluding carboxylic acids is 1. The van der Waals surface area contributed by atoms with Crippen LogP contribution in [0.3, 0.4) is 0 Å². The zero-order valence-corrected chi connectivity index (χ0v) is 12.2. The molecule has 2 aromatic rings. The summed E-state index contributed by atoms with van der Waals surface area (Å²) in [6.45, 7) is 4.96. The monoisotopic (exact) mass is 268 g/mol. The van der Waals surface area contributed by atoms with E-state index in [-0.39, 0.29) is 5.91 Å². The van der Waals surface area contributed by atoms with Gasteiger partial charge in [-0.3, -0.25) is 9.78 Å². The molecule has 0 saturated heterocycles. The maximum atomic E-state index is 12.0. The second-order valence-corrected chi connectivity index (χ2v) is 5.37. The number of benzene rings is 1. The maximum Gasteiger partial charge on any atom is 0.246 e. The van der Waals surface area contributed by atoms with Crippen molar-refractivity contribution in [1.29, 1.82) is 0 Å². The van der Waals surface area contributed by atoms with E-state index in [9.17, 15) is 4.79 Å². The Kier molecular flexibility index (Phi) is 4.51. The first-order valence-corrected chi connectivity index (χ1v) is 6.85. The Morgan fingerprint density at radius 3 is 2.80 bits per heavy atom. The predicted molar refractivity (Wildman–Crippen MR) is 83.3 cm³/mol. The van der Waals surface area contributed by atoms with Gasteiger partial charge in [-0.2, -0.15) is 0 Å². The van der Waals surface area contributed by atoms with E-state index in [1.807, 2.05) is 43.5 Å². The van der Waals surface area contributed by atoms with Crippen molar-refractivity contribution in [1.82, 2.24) is 9.88 Å². The van der Waals surface area contributed by atoms with Crippen LogP contribution in [0.2, 0.25) is 0 Å². The molecule has 2 rings (SSSR count). The van der Waals surface area contributed by atoms with Gasteiger partial charge in [0.15, 0.2) is 0 Å². The molecule has 0 spiro atoms. The highest BCUT2D eigenvalue weighted by Gasteiger charge is 2.06. The van der Waals surface area contributed by atoms with Crippen molar-refractivity contribution in [3.05, 3.63) is 48.2 Å². The molecule has 104 valence electrons. The molecule has 1 aromatic heterocycles. The number of pyridine rings is 1. The van der Waals surface area contributed by atoms with Crippen molar-refractivity contribution in [2.75, 3.05) is 13.6 Å². The van der Waals surface area contributed by atoms with Gasteiger partial charge in [-0.25, -0.2) is 0 Å². The van der Waals surface area contributed by atoms with Gasteiger partial charge in [0.25, 0.3) is 0 Å². The van der Waals surface area contributed by atoms with Crippen LogP contribution in [0.5, 0.6) is 0 Å². The molecule has 1 heterocycles. The van der Waals surface area contributed by atoms with Crippen LogP contribution in [-0.4, -0.2) is 29.4 Å². The molecule has 3 heteroatoms. The van der Waals surface area contributed by atoms with E-state index in [1.54, 1.807) is 17.2 Å². The Morgan fingerprint density at radius 1 is 1.30 bits per heavy atom. The number of para-hydroxylation sites is 1. The third-order valence-corrected chi connectivity index (χ3v) is 3.08. The summed E-state index contributed by atoms with van der Waals surface area (Å²) < 4.78 is 0. The molecule has 0 atom stereocenters. The fourth-order valence-electron chi connectivity index (χ4n) is 2.19. The largest absolute Gasteiger partial charge is 0.342 e. The molecule has 0 N–H and O–H groups in total. The number of carbonyl (C=O) groups is 1. The molecule has 0 radical (unpaired) electrons. The first kappa shape index (κ1) is 14.3. The van der Waals surface area contributed by atoms with Crippen molar-refractivity contribution in [3.8, 4) is 0 Å². The van der Waals surface area contributed by atoms with Crippen molar-refractivity contribution >= 4 is 22.9 Å². The minimum absolute atomic E-state index is 0.0200. The third-order valence-electron chi connectivity index (χ3n) is 3.08. The molecule has 3 nitrogen and oxygen atoms in total. The number of fused-ring (bicyclic) bond motifs is 1. The van der Waals surface area contributed by atoms with Crippen molar-refractivity contribution in [2.45, 2.75) is 13.8 Å². The minimum Gasteiger partial charge on any atom is -0.342 e. The molecule has 0 aliphatic rings. The van der Waals surface area contributed by atoms with Gasteiger partial charge < -0.3 is 4.90 Å². The summed E-state index contributed by atoms with van der Waals surface area (Å²) in [6.07, 6.45) is 5.23. The van der Waals surface area contributed by atoms with Crippen LogP contribution in [0.4, 0.5) is 0 Å². The molecule has 1 aromatic carbocycles. The van der Waals surface area contributed by atoms with E-state index in [0.29, 0.717) is 5.92 Å². The lowest BCUT2D eigenvalue weighted by molar-refractivity contribution is -0.125. The van der Waals surface area contributed by atoms with E-state index in [4.69, 9.17) is 0 Å². The van der Waals surface area contributed by atoms with E-state index < -0.39 is 0 Å². The Balaban J connectivity index is 2.19. The van der Waals surface area contributed by atoms with Gasteiger partial charge in [0.2, 0.25) is 5.91 Å². The lowest BCUT2D eigenvalue weighted by Crippen LogP contribution is -2.28. The number of likely N-dealkylation sites (N-methyl/N-ethyl adjacent to an activating group) is 1. The van der Waals surface area contributed by atoms with Crippen LogP contribution in [0.1, 0.15) is 19.4 Å². The van der Waals surface area contributed by atoms with E-state index >= 15 is 0 Å². The zero-order chi connectivity index (χ0) is 14.5. The molecule has 0 aliphatic carbocycles. The summed E-state index contributed by atoms with van der Waals surface area (Å²) in [5.41, 5.74) is 1.89. The van der Waals surface area contributed by atoms with Crippen LogP contribution in [-0.2, 0) is 4.79 Å². The molecule has 0 aliphatic heterocycles. The summed E-state index contributed by atoms with van der Waals surface area (Å²) in [4.78, 5) is 18.1. The topological polar surface area (TPSA) is 33.2 Å². The number of hydrogen-bond acceptors (Lipinski definition) is 2. The first-order chi connectivity index (χ1) is 9.58. The van der Waals surface area contributed by atoms with Gasteiger partial charge in [-0.05, 0) is 18.1 Å². The smallest absolute Gasteiger partial charge is 0.246 e. The lowest BCUT2D eigenvalue weighted by atomic mass is 10.1. The molecule has 0 bridgehead atoms. The summed E-state index contributed by atoms with van der Waals surface area (Å²) in [5, 5.41) is 1.08. The van der Waals surface area contributed by atoms with Gasteiger partial charge >= 0.3 is 0 Å². The minimum atomic E-state index is 0.0200. The average molecular weight is 268 g/mol. The quantitative estimate of drug-likeness (QED) is 0.797. The van der Waals surface area contributed by atoms with Crippen molar-refractivity contribution in [2.24, 2.45) is 5.92 Å². The molecule has 0 unspecified atom stereocenters. The van der Waals surface area contributed by atoms with Gasteiger partial charge in [-0.1, -0.05) is 38.1 Å². The SMILES string of the molecule is CC(C)CN(C)C(=O)/C=C/c1cccc2cccnc12. The number of rotatable bonds is 4. The predicted octanol–water partition coefficient (Wildman–Crippen LogP) is 3.36. The Bertz CT molecular complexity index is 626. The Hall–Kier alpha value is -2.16. The summed E-state index contributed by atoms with van der Waals surface area (Å²) in [7, 11) is 1.83. The highest BCUT2D eigenvalue weighted by atomic mass is 16.2. The highest BCUT2D eigenvalue weighted by Crippen LogP contribution is 2.17. The van der Waals surface area contributed by atoms with Gasteiger partial charge in [0, 0.05) is 36.8 Å². The fraction of sp³-hybridized carbons (Fsp3) is 0.294. The molecule has 0 fully saturated rings. The second-order valence-electron chi connectivity index (χ2n) is 5.37. The Labute approximate surface area is 119 Å². The lowest BCUT2D eigenvalue weighted by Gasteiger charge is -2.17. The third kappa shape index (κ3) is 3.44. The summed E-state index contributed by atoms with van der Waals surface area (Å²) >= 11 is 0. The van der Waals surface area contributed by atoms with Crippen molar-refractivity contribution in [3.63, 3.8) is 0 Å². The fourth-order valence-corrected chi connectivity index (χ4v) is 2.19. The van der Waals surface area contributed by atoms with E-state index in [0.717, 1.165) is 23.0 Å². The van der Waals surface area contributed by atoms with Crippen LogP contribution in [0.15, 0.2) is 42.6 Å². The van der Waals surface area contributed by atoms with E-state index in [1.165, 1.54) is 0 Å². The maximum absolute atomic E-state index is 12.0. The van der Waals surface area contributed by atoms with Crippen LogP contribution in [0.25, 0.3) is 17.0 Å². The summed E-state index contributed by atoms with van der Waals surface area (Å²) in [5.74, 6) is 0.489. The number of aromatic nitrogens is 1. The number of amides is 1. The first-order valence-electron chi connectivity index (χ1n) is 6.85. The molecular formula is C17H20N2O. The standard InChI is InChI=1S/C17H20N2O/c1-13(2)12-19(3)16(20)10-9-15-7-4-6-14-8-5-11-18-17(14)15/h4-11,13H,12H2,1-3H3/b10-9+. The van der Waals surface area contributed by atoms with Crippen LogP contribution in [0, 0.1) is 5.92 Å². The van der Waals surface area contributed by atoms with Gasteiger partial charge in [0.05, 0.1) is 5.52 Å². The number of nitrogens with zero attached hydrogens (tertiary/aromatic N) is 2. The van der Waals surface area contributed by atoms with Crippen molar-refractivity contribution < 1.29 is 4.79 Å². The average Bonchev–Trinajstić information content (AvgIpc) is 2.44. The summed E-state index contributed by atoms with van der Waals surface area (Å²) in [6, 6.07) is 9.91. The molecule has 1 amide bonds. The Morgan fingerprint density at radius 2 is 2.05 bits per heavy atom. The molecule has 0 saturated carbocycles. The van der Waals surface area contributed by atoms with Gasteiger partial charge in [0.1, 0.15) is 0 Å². The highest BCUT2D eigenvalue weighted by molar-refractivity contribution is 5.95. The number of hydrogen-bond donors (Lipinski definition) is 0. The van der Waals surface area contributed by atoms with Crippen LogP contribution >= 0.6 is 0 Å². The molecular weight excluding hydrogens is 248 g/mol. The zero-order valence-electron chi connectivity index (χ0n) is 12.2. The van der Waals surface area contributed by atoms with Gasteiger partial charge in [-0.15, -0.1) is 0 Å². The van der Waals surface area contributed by atoms with Crippen LogP contribution < -0.4 is 0 Å². The normalized spacial score (nSPS) is 11.4.